The lowest BCUT2D eigenvalue weighted by Crippen LogP contribution is -1.99. The second-order valence-electron chi connectivity index (χ2n) is 6.56. The van der Waals surface area contributed by atoms with E-state index in [0.29, 0.717) is 0 Å². The van der Waals surface area contributed by atoms with Crippen molar-refractivity contribution in [2.24, 2.45) is 0 Å². The Morgan fingerprint density at radius 3 is 2.78 bits per heavy atom. The predicted octanol–water partition coefficient (Wildman–Crippen LogP) is 6.51. The second kappa shape index (κ2) is 6.71. The van der Waals surface area contributed by atoms with Crippen molar-refractivity contribution in [2.75, 3.05) is 0 Å². The first-order valence-electron chi connectivity index (χ1n) is 8.98. The van der Waals surface area contributed by atoms with Crippen LogP contribution in [0.25, 0.3) is 27.6 Å². The highest BCUT2D eigenvalue weighted by atomic mass is 79.9. The van der Waals surface area contributed by atoms with E-state index in [9.17, 15) is 0 Å². The number of aromatic nitrogens is 2. The van der Waals surface area contributed by atoms with Gasteiger partial charge in [-0.05, 0) is 59.8 Å². The highest BCUT2D eigenvalue weighted by molar-refractivity contribution is 9.11. The summed E-state index contributed by atoms with van der Waals surface area (Å²) in [7, 11) is 0. The summed E-state index contributed by atoms with van der Waals surface area (Å²) in [5.74, 6) is 1.70. The molecular formula is C23H17BrN2O. The Morgan fingerprint density at radius 1 is 0.963 bits per heavy atom. The van der Waals surface area contributed by atoms with Crippen LogP contribution in [0, 0.1) is 0 Å². The summed E-state index contributed by atoms with van der Waals surface area (Å²) >= 11 is 3.57. The maximum absolute atomic E-state index is 6.11. The number of pyridine rings is 1. The molecular weight excluding hydrogens is 400 g/mol. The van der Waals surface area contributed by atoms with Gasteiger partial charge in [-0.2, -0.15) is 0 Å². The van der Waals surface area contributed by atoms with Gasteiger partial charge < -0.3 is 4.74 Å². The average molecular weight is 417 g/mol. The molecule has 0 amide bonds. The Labute approximate surface area is 165 Å². The first kappa shape index (κ1) is 16.3. The molecule has 1 aliphatic carbocycles. The van der Waals surface area contributed by atoms with Crippen molar-refractivity contribution in [2.45, 2.75) is 12.8 Å². The zero-order valence-electron chi connectivity index (χ0n) is 14.6. The largest absolute Gasteiger partial charge is 0.458 e. The number of fused-ring (bicyclic) bond motifs is 3. The van der Waals surface area contributed by atoms with E-state index in [2.05, 4.69) is 74.0 Å². The number of halogens is 1. The molecule has 132 valence electrons. The number of para-hydroxylation sites is 1. The number of rotatable bonds is 3. The molecule has 0 fully saturated rings. The van der Waals surface area contributed by atoms with E-state index in [4.69, 9.17) is 4.74 Å². The third-order valence-corrected chi connectivity index (χ3v) is 5.40. The zero-order valence-corrected chi connectivity index (χ0v) is 16.2. The molecule has 0 saturated carbocycles. The number of hydrogen-bond donors (Lipinski definition) is 0. The van der Waals surface area contributed by atoms with Crippen LogP contribution in [-0.2, 0) is 0 Å². The van der Waals surface area contributed by atoms with Crippen molar-refractivity contribution in [3.63, 3.8) is 0 Å². The van der Waals surface area contributed by atoms with E-state index in [1.165, 1.54) is 9.87 Å². The fraction of sp³-hybridized carbons (Fsp3) is 0.0870. The van der Waals surface area contributed by atoms with Crippen molar-refractivity contribution < 1.29 is 4.74 Å². The monoisotopic (exact) mass is 416 g/mol. The lowest BCUT2D eigenvalue weighted by atomic mass is 10.2. The first-order chi connectivity index (χ1) is 13.3. The van der Waals surface area contributed by atoms with E-state index < -0.39 is 0 Å². The van der Waals surface area contributed by atoms with Crippen LogP contribution in [-0.4, -0.2) is 9.55 Å². The van der Waals surface area contributed by atoms with E-state index in [0.717, 1.165) is 46.6 Å². The topological polar surface area (TPSA) is 27.1 Å². The molecule has 0 radical (unpaired) electrons. The third kappa shape index (κ3) is 2.96. The summed E-state index contributed by atoms with van der Waals surface area (Å²) in [6, 6.07) is 20.7. The molecule has 2 aromatic heterocycles. The number of allylic oxidation sites excluding steroid dienone is 3. The number of hydrogen-bond acceptors (Lipinski definition) is 2. The van der Waals surface area contributed by atoms with Crippen LogP contribution in [0.2, 0.25) is 0 Å². The molecule has 27 heavy (non-hydrogen) atoms. The maximum atomic E-state index is 6.11. The Morgan fingerprint density at radius 2 is 1.85 bits per heavy atom. The lowest BCUT2D eigenvalue weighted by Gasteiger charge is -2.13. The van der Waals surface area contributed by atoms with E-state index in [-0.39, 0.29) is 0 Å². The molecule has 0 unspecified atom stereocenters. The van der Waals surface area contributed by atoms with Gasteiger partial charge in [-0.15, -0.1) is 0 Å². The van der Waals surface area contributed by atoms with Crippen LogP contribution < -0.4 is 4.74 Å². The van der Waals surface area contributed by atoms with Crippen LogP contribution >= 0.6 is 15.9 Å². The quantitative estimate of drug-likeness (QED) is 0.380. The molecule has 4 aromatic rings. The molecule has 0 N–H and O–H groups in total. The molecule has 5 rings (SSSR count). The van der Waals surface area contributed by atoms with Gasteiger partial charge in [0.1, 0.15) is 17.2 Å². The molecule has 4 heteroatoms. The normalized spacial score (nSPS) is 14.3. The van der Waals surface area contributed by atoms with Crippen LogP contribution in [0.4, 0.5) is 0 Å². The molecule has 1 aliphatic rings. The molecule has 3 nitrogen and oxygen atoms in total. The highest BCUT2D eigenvalue weighted by Crippen LogP contribution is 2.32. The summed E-state index contributed by atoms with van der Waals surface area (Å²) in [6.45, 7) is 0. The van der Waals surface area contributed by atoms with Gasteiger partial charge >= 0.3 is 0 Å². The van der Waals surface area contributed by atoms with Crippen LogP contribution in [0.15, 0.2) is 89.3 Å². The van der Waals surface area contributed by atoms with Crippen molar-refractivity contribution in [1.82, 2.24) is 9.55 Å². The second-order valence-corrected chi connectivity index (χ2v) is 7.58. The van der Waals surface area contributed by atoms with Crippen molar-refractivity contribution in [1.29, 1.82) is 0 Å². The van der Waals surface area contributed by atoms with Crippen molar-refractivity contribution in [3.05, 3.63) is 89.3 Å². The molecule has 0 saturated heterocycles. The van der Waals surface area contributed by atoms with Gasteiger partial charge in [0.15, 0.2) is 0 Å². The van der Waals surface area contributed by atoms with Gasteiger partial charge in [-0.3, -0.25) is 4.57 Å². The Kier molecular flexibility index (Phi) is 4.06. The fourth-order valence-electron chi connectivity index (χ4n) is 3.59. The predicted molar refractivity (Wildman–Crippen MR) is 114 cm³/mol. The van der Waals surface area contributed by atoms with Crippen LogP contribution in [0.3, 0.4) is 0 Å². The summed E-state index contributed by atoms with van der Waals surface area (Å²) in [5, 5.41) is 2.36. The number of benzene rings is 2. The highest BCUT2D eigenvalue weighted by Gasteiger charge is 2.13. The first-order valence-corrected chi connectivity index (χ1v) is 9.77. The Bertz CT molecular complexity index is 1170. The molecule has 0 spiro atoms. The van der Waals surface area contributed by atoms with E-state index >= 15 is 0 Å². The maximum Gasteiger partial charge on any atom is 0.145 e. The van der Waals surface area contributed by atoms with Gasteiger partial charge in [0.25, 0.3) is 0 Å². The fourth-order valence-corrected chi connectivity index (χ4v) is 4.04. The van der Waals surface area contributed by atoms with Gasteiger partial charge in [-0.25, -0.2) is 4.98 Å². The summed E-state index contributed by atoms with van der Waals surface area (Å²) < 4.78 is 9.47. The SMILES string of the molecule is BrC1=CC(Oc2cccc(-n3c4ccccc4c4cccnc43)c2)=CCC1. The van der Waals surface area contributed by atoms with Crippen LogP contribution in [0.1, 0.15) is 12.8 Å². The van der Waals surface area contributed by atoms with Gasteiger partial charge in [0, 0.05) is 23.0 Å². The summed E-state index contributed by atoms with van der Waals surface area (Å²) in [6.07, 6.45) is 8.02. The van der Waals surface area contributed by atoms with Gasteiger partial charge in [-0.1, -0.05) is 40.2 Å². The summed E-state index contributed by atoms with van der Waals surface area (Å²) in [4.78, 5) is 4.65. The number of nitrogens with zero attached hydrogens (tertiary/aromatic N) is 2. The Balaban J connectivity index is 1.64. The summed E-state index contributed by atoms with van der Waals surface area (Å²) in [5.41, 5.74) is 3.13. The van der Waals surface area contributed by atoms with E-state index in [1.807, 2.05) is 30.5 Å². The Hall–Kier alpha value is -2.85. The molecule has 0 aliphatic heterocycles. The molecule has 2 heterocycles. The zero-order chi connectivity index (χ0) is 18.2. The van der Waals surface area contributed by atoms with Gasteiger partial charge in [0.2, 0.25) is 0 Å². The minimum absolute atomic E-state index is 0.819. The molecule has 2 aromatic carbocycles. The average Bonchev–Trinajstić information content (AvgIpc) is 3.03. The number of ether oxygens (including phenoxy) is 1. The minimum Gasteiger partial charge on any atom is -0.458 e. The molecule has 0 bridgehead atoms. The van der Waals surface area contributed by atoms with Crippen LogP contribution in [0.5, 0.6) is 5.75 Å². The molecule has 0 atom stereocenters. The van der Waals surface area contributed by atoms with Crippen molar-refractivity contribution >= 4 is 37.9 Å². The van der Waals surface area contributed by atoms with E-state index in [1.54, 1.807) is 0 Å². The smallest absolute Gasteiger partial charge is 0.145 e. The van der Waals surface area contributed by atoms with Gasteiger partial charge in [0.05, 0.1) is 11.2 Å². The van der Waals surface area contributed by atoms with Crippen molar-refractivity contribution in [3.8, 4) is 11.4 Å². The minimum atomic E-state index is 0.819. The lowest BCUT2D eigenvalue weighted by molar-refractivity contribution is 0.438. The standard InChI is InChI=1S/C23H17BrN2O/c24-16-6-3-8-18(14-16)27-19-9-4-7-17(15-19)26-22-12-2-1-10-20(22)21-11-5-13-25-23(21)26/h1-2,4-5,7-15H,3,6H2. The third-order valence-electron chi connectivity index (χ3n) is 4.77.